The summed E-state index contributed by atoms with van der Waals surface area (Å²) in [5.74, 6) is 0.844. The molecule has 2 rings (SSSR count). The van der Waals surface area contributed by atoms with Gasteiger partial charge in [-0.2, -0.15) is 0 Å². The highest BCUT2D eigenvalue weighted by molar-refractivity contribution is 5.84. The Morgan fingerprint density at radius 3 is 2.29 bits per heavy atom. The van der Waals surface area contributed by atoms with Crippen molar-refractivity contribution < 1.29 is 9.53 Å². The van der Waals surface area contributed by atoms with Crippen LogP contribution >= 0.6 is 0 Å². The molecule has 2 aromatic carbocycles. The summed E-state index contributed by atoms with van der Waals surface area (Å²) in [6, 6.07) is 13.8. The van der Waals surface area contributed by atoms with Gasteiger partial charge in [0.2, 0.25) is 5.91 Å². The summed E-state index contributed by atoms with van der Waals surface area (Å²) >= 11 is 0. The summed E-state index contributed by atoms with van der Waals surface area (Å²) in [6.45, 7) is 6.60. The van der Waals surface area contributed by atoms with Crippen LogP contribution in [-0.4, -0.2) is 25.6 Å². The van der Waals surface area contributed by atoms with Crippen LogP contribution in [0.25, 0.3) is 0 Å². The number of hydrogen-bond acceptors (Lipinski definition) is 3. The number of amides is 1. The quantitative estimate of drug-likeness (QED) is 0.819. The van der Waals surface area contributed by atoms with Gasteiger partial charge < -0.3 is 15.4 Å². The average Bonchev–Trinajstić information content (AvgIpc) is 2.54. The molecule has 0 bridgehead atoms. The van der Waals surface area contributed by atoms with E-state index in [0.717, 1.165) is 17.9 Å². The average molecular weight is 326 g/mol. The Kier molecular flexibility index (Phi) is 6.24. The molecule has 2 N–H and O–H groups in total. The van der Waals surface area contributed by atoms with Crippen LogP contribution in [0.4, 0.5) is 5.69 Å². The minimum atomic E-state index is -0.276. The summed E-state index contributed by atoms with van der Waals surface area (Å²) in [5.41, 5.74) is 4.52. The van der Waals surface area contributed by atoms with E-state index in [1.165, 1.54) is 16.7 Å². The van der Waals surface area contributed by atoms with Gasteiger partial charge in [-0.25, -0.2) is 0 Å². The highest BCUT2D eigenvalue weighted by Gasteiger charge is 2.12. The van der Waals surface area contributed by atoms with Gasteiger partial charge in [0.15, 0.2) is 0 Å². The topological polar surface area (TPSA) is 50.4 Å². The normalized spacial score (nSPS) is 11.7. The standard InChI is InChI=1S/C20H26N2O2/c1-14-11-15(2)13-18(12-14)22-16(3)20(23)21-10-9-17-5-7-19(24-4)8-6-17/h5-8,11-13,16,22H,9-10H2,1-4H3,(H,21,23). The van der Waals surface area contributed by atoms with Crippen molar-refractivity contribution in [1.82, 2.24) is 5.32 Å². The first-order chi connectivity index (χ1) is 11.5. The number of carbonyl (C=O) groups is 1. The van der Waals surface area contributed by atoms with Gasteiger partial charge in [-0.05, 0) is 68.1 Å². The molecule has 0 radical (unpaired) electrons. The van der Waals surface area contributed by atoms with Gasteiger partial charge in [0, 0.05) is 12.2 Å². The Labute approximate surface area is 144 Å². The van der Waals surface area contributed by atoms with Gasteiger partial charge >= 0.3 is 0 Å². The maximum Gasteiger partial charge on any atom is 0.242 e. The monoisotopic (exact) mass is 326 g/mol. The summed E-state index contributed by atoms with van der Waals surface area (Å²) in [5, 5.41) is 6.23. The Morgan fingerprint density at radius 1 is 1.08 bits per heavy atom. The van der Waals surface area contributed by atoms with E-state index in [0.29, 0.717) is 6.54 Å². The lowest BCUT2D eigenvalue weighted by Gasteiger charge is -2.16. The van der Waals surface area contributed by atoms with E-state index in [4.69, 9.17) is 4.74 Å². The number of hydrogen-bond donors (Lipinski definition) is 2. The third kappa shape index (κ3) is 5.30. The molecule has 0 saturated carbocycles. The fraction of sp³-hybridized carbons (Fsp3) is 0.350. The van der Waals surface area contributed by atoms with Crippen molar-refractivity contribution in [3.63, 3.8) is 0 Å². The Morgan fingerprint density at radius 2 is 1.71 bits per heavy atom. The van der Waals surface area contributed by atoms with E-state index in [1.54, 1.807) is 7.11 Å². The molecule has 2 aromatic rings. The molecule has 4 nitrogen and oxygen atoms in total. The van der Waals surface area contributed by atoms with Crippen LogP contribution in [0.15, 0.2) is 42.5 Å². The van der Waals surface area contributed by atoms with Gasteiger partial charge in [-0.3, -0.25) is 4.79 Å². The molecule has 1 atom stereocenters. The first kappa shape index (κ1) is 17.9. The second kappa shape index (κ2) is 8.39. The largest absolute Gasteiger partial charge is 0.497 e. The predicted molar refractivity (Wildman–Crippen MR) is 98.7 cm³/mol. The van der Waals surface area contributed by atoms with Crippen LogP contribution in [-0.2, 0) is 11.2 Å². The van der Waals surface area contributed by atoms with Crippen LogP contribution in [0.3, 0.4) is 0 Å². The van der Waals surface area contributed by atoms with Crippen LogP contribution in [0.2, 0.25) is 0 Å². The van der Waals surface area contributed by atoms with E-state index >= 15 is 0 Å². The fourth-order valence-electron chi connectivity index (χ4n) is 2.65. The Balaban J connectivity index is 1.80. The summed E-state index contributed by atoms with van der Waals surface area (Å²) in [4.78, 5) is 12.2. The van der Waals surface area contributed by atoms with E-state index in [-0.39, 0.29) is 11.9 Å². The molecule has 0 aromatic heterocycles. The molecule has 0 fully saturated rings. The first-order valence-corrected chi connectivity index (χ1v) is 8.23. The lowest BCUT2D eigenvalue weighted by molar-refractivity contribution is -0.121. The number of rotatable bonds is 7. The van der Waals surface area contributed by atoms with E-state index in [9.17, 15) is 4.79 Å². The maximum atomic E-state index is 12.2. The van der Waals surface area contributed by atoms with Crippen molar-refractivity contribution in [1.29, 1.82) is 0 Å². The highest BCUT2D eigenvalue weighted by Crippen LogP contribution is 2.15. The lowest BCUT2D eigenvalue weighted by atomic mass is 10.1. The molecule has 0 heterocycles. The maximum absolute atomic E-state index is 12.2. The van der Waals surface area contributed by atoms with Crippen molar-refractivity contribution in [3.8, 4) is 5.75 Å². The summed E-state index contributed by atoms with van der Waals surface area (Å²) in [7, 11) is 1.65. The molecular weight excluding hydrogens is 300 g/mol. The Bertz CT molecular complexity index is 660. The lowest BCUT2D eigenvalue weighted by Crippen LogP contribution is -2.38. The molecule has 4 heteroatoms. The molecule has 0 aliphatic heterocycles. The molecule has 0 saturated heterocycles. The van der Waals surface area contributed by atoms with Gasteiger partial charge in [-0.15, -0.1) is 0 Å². The zero-order valence-corrected chi connectivity index (χ0v) is 14.8. The van der Waals surface area contributed by atoms with Crippen LogP contribution in [0, 0.1) is 13.8 Å². The van der Waals surface area contributed by atoms with Crippen molar-refractivity contribution in [2.75, 3.05) is 19.0 Å². The molecule has 0 aliphatic carbocycles. The van der Waals surface area contributed by atoms with Crippen LogP contribution in [0.5, 0.6) is 5.75 Å². The molecule has 128 valence electrons. The van der Waals surface area contributed by atoms with Gasteiger partial charge in [0.05, 0.1) is 7.11 Å². The number of nitrogens with one attached hydrogen (secondary N) is 2. The zero-order valence-electron chi connectivity index (χ0n) is 14.8. The SMILES string of the molecule is COc1ccc(CCNC(=O)C(C)Nc2cc(C)cc(C)c2)cc1. The molecule has 1 unspecified atom stereocenters. The Hall–Kier alpha value is -2.49. The number of benzene rings is 2. The van der Waals surface area contributed by atoms with Crippen molar-refractivity contribution in [3.05, 3.63) is 59.2 Å². The van der Waals surface area contributed by atoms with Crippen LogP contribution in [0.1, 0.15) is 23.6 Å². The van der Waals surface area contributed by atoms with E-state index in [2.05, 4.69) is 30.5 Å². The van der Waals surface area contributed by atoms with Crippen molar-refractivity contribution >= 4 is 11.6 Å². The third-order valence-corrected chi connectivity index (χ3v) is 3.87. The smallest absolute Gasteiger partial charge is 0.242 e. The van der Waals surface area contributed by atoms with E-state index < -0.39 is 0 Å². The highest BCUT2D eigenvalue weighted by atomic mass is 16.5. The van der Waals surface area contributed by atoms with Gasteiger partial charge in [0.25, 0.3) is 0 Å². The van der Waals surface area contributed by atoms with Crippen LogP contribution < -0.4 is 15.4 Å². The first-order valence-electron chi connectivity index (χ1n) is 8.23. The second-order valence-electron chi connectivity index (χ2n) is 6.13. The molecule has 0 aliphatic rings. The predicted octanol–water partition coefficient (Wildman–Crippen LogP) is 3.47. The second-order valence-corrected chi connectivity index (χ2v) is 6.13. The molecular formula is C20H26N2O2. The zero-order chi connectivity index (χ0) is 17.5. The minimum Gasteiger partial charge on any atom is -0.497 e. The third-order valence-electron chi connectivity index (χ3n) is 3.87. The summed E-state index contributed by atoms with van der Waals surface area (Å²) in [6.07, 6.45) is 0.798. The number of anilines is 1. The number of methoxy groups -OCH3 is 1. The fourth-order valence-corrected chi connectivity index (χ4v) is 2.65. The van der Waals surface area contributed by atoms with E-state index in [1.807, 2.05) is 43.3 Å². The van der Waals surface area contributed by atoms with Crippen molar-refractivity contribution in [2.45, 2.75) is 33.2 Å². The molecule has 1 amide bonds. The molecule has 24 heavy (non-hydrogen) atoms. The number of ether oxygens (including phenoxy) is 1. The number of carbonyl (C=O) groups excluding carboxylic acids is 1. The van der Waals surface area contributed by atoms with Crippen molar-refractivity contribution in [2.24, 2.45) is 0 Å². The summed E-state index contributed by atoms with van der Waals surface area (Å²) < 4.78 is 5.14. The minimum absolute atomic E-state index is 0.00247. The molecule has 0 spiro atoms. The van der Waals surface area contributed by atoms with Gasteiger partial charge in [0.1, 0.15) is 11.8 Å². The van der Waals surface area contributed by atoms with Gasteiger partial charge in [-0.1, -0.05) is 18.2 Å². The number of aryl methyl sites for hydroxylation is 2.